The van der Waals surface area contributed by atoms with Crippen molar-refractivity contribution in [3.8, 4) is 5.75 Å². The first-order chi connectivity index (χ1) is 11.1. The molecule has 2 nitrogen and oxygen atoms in total. The van der Waals surface area contributed by atoms with E-state index in [1.165, 1.54) is 0 Å². The Labute approximate surface area is 130 Å². The molecule has 0 unspecified atom stereocenters. The van der Waals surface area contributed by atoms with Gasteiger partial charge < -0.3 is 4.74 Å². The second-order valence-electron chi connectivity index (χ2n) is 5.30. The van der Waals surface area contributed by atoms with E-state index >= 15 is 0 Å². The van der Waals surface area contributed by atoms with Crippen molar-refractivity contribution in [2.45, 2.75) is 0 Å². The van der Waals surface area contributed by atoms with Crippen LogP contribution < -0.4 is 4.74 Å². The lowest BCUT2D eigenvalue weighted by molar-refractivity contribution is 0.0736. The Morgan fingerprint density at radius 3 is 2.30 bits per heavy atom. The van der Waals surface area contributed by atoms with Gasteiger partial charge in [-0.05, 0) is 34.7 Å². The quantitative estimate of drug-likeness (QED) is 0.392. The maximum Gasteiger partial charge on any atom is 0.343 e. The lowest BCUT2D eigenvalue weighted by atomic mass is 10.0. The van der Waals surface area contributed by atoms with E-state index in [1.54, 1.807) is 6.07 Å². The lowest BCUT2D eigenvalue weighted by Gasteiger charge is -2.10. The summed E-state index contributed by atoms with van der Waals surface area (Å²) in [7, 11) is 0. The highest BCUT2D eigenvalue weighted by Gasteiger charge is 2.16. The predicted octanol–water partition coefficient (Wildman–Crippen LogP) is 4.82. The Balaban J connectivity index is 1.75. The number of ether oxygens (including phenoxy) is 1. The smallest absolute Gasteiger partial charge is 0.343 e. The molecule has 4 heteroatoms. The molecule has 0 aliphatic heterocycles. The van der Waals surface area contributed by atoms with Gasteiger partial charge in [-0.25, -0.2) is 13.6 Å². The van der Waals surface area contributed by atoms with Crippen molar-refractivity contribution in [1.82, 2.24) is 0 Å². The zero-order chi connectivity index (χ0) is 16.0. The average Bonchev–Trinajstić information content (AvgIpc) is 2.94. The molecule has 0 N–H and O–H groups in total. The summed E-state index contributed by atoms with van der Waals surface area (Å²) in [4.78, 5) is 12.2. The highest BCUT2D eigenvalue weighted by atomic mass is 19.1. The minimum atomic E-state index is -0.818. The van der Waals surface area contributed by atoms with Crippen molar-refractivity contribution in [3.05, 3.63) is 76.9 Å². The Kier molecular flexibility index (Phi) is 2.98. The molecule has 0 spiro atoms. The van der Waals surface area contributed by atoms with Crippen LogP contribution >= 0.6 is 0 Å². The fourth-order valence-electron chi connectivity index (χ4n) is 2.81. The standard InChI is InChI=1S/C19H10F2O2/c20-14-8-13(9-15(21)10-14)19(22)23-17-7-6-12-5-4-11-2-1-3-16(17)18(11)12/h1-10H. The molecule has 3 aromatic rings. The number of benzene rings is 3. The summed E-state index contributed by atoms with van der Waals surface area (Å²) >= 11 is 0. The van der Waals surface area contributed by atoms with E-state index in [-0.39, 0.29) is 5.56 Å². The van der Waals surface area contributed by atoms with Gasteiger partial charge in [0.05, 0.1) is 5.56 Å². The monoisotopic (exact) mass is 308 g/mol. The van der Waals surface area contributed by atoms with Crippen LogP contribution in [0.2, 0.25) is 0 Å². The molecule has 0 aromatic heterocycles. The Hall–Kier alpha value is -3.01. The first-order valence-corrected chi connectivity index (χ1v) is 7.04. The van der Waals surface area contributed by atoms with Crippen LogP contribution in [0.3, 0.4) is 0 Å². The van der Waals surface area contributed by atoms with Gasteiger partial charge in [0.25, 0.3) is 0 Å². The summed E-state index contributed by atoms with van der Waals surface area (Å²) < 4.78 is 31.8. The molecule has 0 bridgehead atoms. The first-order valence-electron chi connectivity index (χ1n) is 7.04. The molecule has 0 radical (unpaired) electrons. The van der Waals surface area contributed by atoms with Gasteiger partial charge in [-0.2, -0.15) is 0 Å². The topological polar surface area (TPSA) is 26.3 Å². The summed E-state index contributed by atoms with van der Waals surface area (Å²) in [5.74, 6) is -2.07. The molecule has 0 amide bonds. The third kappa shape index (κ3) is 2.28. The molecule has 1 aliphatic carbocycles. The number of hydrogen-bond donors (Lipinski definition) is 0. The molecule has 3 aromatic carbocycles. The highest BCUT2D eigenvalue weighted by molar-refractivity contribution is 6.07. The van der Waals surface area contributed by atoms with E-state index in [2.05, 4.69) is 0 Å². The number of hydrogen-bond acceptors (Lipinski definition) is 2. The Morgan fingerprint density at radius 2 is 1.57 bits per heavy atom. The summed E-state index contributed by atoms with van der Waals surface area (Å²) in [6, 6.07) is 11.8. The third-order valence-corrected chi connectivity index (χ3v) is 3.81. The second-order valence-corrected chi connectivity index (χ2v) is 5.30. The van der Waals surface area contributed by atoms with E-state index < -0.39 is 17.6 Å². The van der Waals surface area contributed by atoms with Crippen LogP contribution in [0.25, 0.3) is 22.9 Å². The number of rotatable bonds is 2. The summed E-state index contributed by atoms with van der Waals surface area (Å²) in [5.41, 5.74) is 1.93. The van der Waals surface area contributed by atoms with Gasteiger partial charge in [0, 0.05) is 11.5 Å². The minimum absolute atomic E-state index is 0.163. The molecule has 0 fully saturated rings. The zero-order valence-corrected chi connectivity index (χ0v) is 11.8. The van der Waals surface area contributed by atoms with Crippen LogP contribution in [0.4, 0.5) is 8.78 Å². The first kappa shape index (κ1) is 13.6. The van der Waals surface area contributed by atoms with E-state index in [9.17, 15) is 13.6 Å². The fraction of sp³-hybridized carbons (Fsp3) is 0. The summed E-state index contributed by atoms with van der Waals surface area (Å²) in [6.45, 7) is 0. The average molecular weight is 308 g/mol. The molecule has 112 valence electrons. The summed E-state index contributed by atoms with van der Waals surface area (Å²) in [6.07, 6.45) is 3.98. The molecule has 0 atom stereocenters. The van der Waals surface area contributed by atoms with Gasteiger partial charge in [0.15, 0.2) is 0 Å². The van der Waals surface area contributed by atoms with Crippen molar-refractivity contribution in [2.75, 3.05) is 0 Å². The van der Waals surface area contributed by atoms with E-state index in [0.29, 0.717) is 11.8 Å². The Morgan fingerprint density at radius 1 is 0.870 bits per heavy atom. The van der Waals surface area contributed by atoms with E-state index in [1.807, 2.05) is 36.4 Å². The van der Waals surface area contributed by atoms with Gasteiger partial charge in [-0.1, -0.05) is 36.4 Å². The predicted molar refractivity (Wildman–Crippen MR) is 84.2 cm³/mol. The van der Waals surface area contributed by atoms with Gasteiger partial charge in [-0.3, -0.25) is 0 Å². The second kappa shape index (κ2) is 5.02. The SMILES string of the molecule is O=C(Oc1ccc2c3c(cccc13)C=C2)c1cc(F)cc(F)c1. The van der Waals surface area contributed by atoms with Crippen LogP contribution in [-0.2, 0) is 0 Å². The number of esters is 1. The molecular weight excluding hydrogens is 298 g/mol. The fourth-order valence-corrected chi connectivity index (χ4v) is 2.81. The van der Waals surface area contributed by atoms with Crippen molar-refractivity contribution in [1.29, 1.82) is 0 Å². The van der Waals surface area contributed by atoms with Crippen LogP contribution in [-0.4, -0.2) is 5.97 Å². The molecule has 1 aliphatic rings. The number of halogens is 2. The maximum atomic E-state index is 13.2. The van der Waals surface area contributed by atoms with Crippen LogP contribution in [0.15, 0.2) is 48.5 Å². The lowest BCUT2D eigenvalue weighted by Crippen LogP contribution is -2.09. The number of carbonyl (C=O) groups is 1. The van der Waals surface area contributed by atoms with Crippen molar-refractivity contribution in [3.63, 3.8) is 0 Å². The Bertz CT molecular complexity index is 958. The molecule has 4 rings (SSSR count). The number of carbonyl (C=O) groups excluding carboxylic acids is 1. The zero-order valence-electron chi connectivity index (χ0n) is 11.8. The highest BCUT2D eigenvalue weighted by Crippen LogP contribution is 2.36. The molecule has 23 heavy (non-hydrogen) atoms. The van der Waals surface area contributed by atoms with Crippen LogP contribution in [0, 0.1) is 11.6 Å². The van der Waals surface area contributed by atoms with Gasteiger partial charge in [0.2, 0.25) is 0 Å². The van der Waals surface area contributed by atoms with Crippen molar-refractivity contribution < 1.29 is 18.3 Å². The normalized spacial score (nSPS) is 11.9. The molecule has 0 saturated carbocycles. The van der Waals surface area contributed by atoms with E-state index in [4.69, 9.17) is 4.74 Å². The molecular formula is C19H10F2O2. The third-order valence-electron chi connectivity index (χ3n) is 3.81. The van der Waals surface area contributed by atoms with E-state index in [0.717, 1.165) is 34.0 Å². The molecule has 0 heterocycles. The van der Waals surface area contributed by atoms with Crippen molar-refractivity contribution >= 4 is 28.9 Å². The van der Waals surface area contributed by atoms with Crippen LogP contribution in [0.5, 0.6) is 5.75 Å². The molecule has 0 saturated heterocycles. The summed E-state index contributed by atoms with van der Waals surface area (Å²) in [5, 5.41) is 1.79. The largest absolute Gasteiger partial charge is 0.422 e. The van der Waals surface area contributed by atoms with Crippen molar-refractivity contribution in [2.24, 2.45) is 0 Å². The van der Waals surface area contributed by atoms with Gasteiger partial charge in [0.1, 0.15) is 17.4 Å². The van der Waals surface area contributed by atoms with Gasteiger partial charge in [-0.15, -0.1) is 0 Å². The maximum absolute atomic E-state index is 13.2. The van der Waals surface area contributed by atoms with Gasteiger partial charge >= 0.3 is 5.97 Å². The minimum Gasteiger partial charge on any atom is -0.422 e. The van der Waals surface area contributed by atoms with Crippen LogP contribution in [0.1, 0.15) is 21.5 Å².